The van der Waals surface area contributed by atoms with Crippen LogP contribution >= 0.6 is 11.3 Å². The van der Waals surface area contributed by atoms with Crippen LogP contribution in [0.1, 0.15) is 69.9 Å². The molecule has 1 N–H and O–H groups in total. The molecule has 1 heterocycles. The molecule has 1 unspecified atom stereocenters. The van der Waals surface area contributed by atoms with Gasteiger partial charge in [0.1, 0.15) is 5.92 Å². The Labute approximate surface area is 131 Å². The molecule has 1 aliphatic rings. The molecule has 1 aromatic rings. The Bertz CT molecular complexity index is 496. The second-order valence-corrected chi connectivity index (χ2v) is 7.37. The Morgan fingerprint density at radius 2 is 2.24 bits per heavy atom. The van der Waals surface area contributed by atoms with Gasteiger partial charge in [-0.05, 0) is 46.5 Å². The molecule has 1 atom stereocenters. The average molecular weight is 310 g/mol. The van der Waals surface area contributed by atoms with E-state index in [1.807, 2.05) is 6.92 Å². The predicted molar refractivity (Wildman–Crippen MR) is 87.0 cm³/mol. The summed E-state index contributed by atoms with van der Waals surface area (Å²) in [4.78, 5) is 18.0. The third-order valence-electron chi connectivity index (χ3n) is 3.85. The van der Waals surface area contributed by atoms with Crippen LogP contribution in [0.3, 0.4) is 0 Å². The van der Waals surface area contributed by atoms with Crippen molar-refractivity contribution in [1.29, 1.82) is 0 Å². The standard InChI is InChI=1S/C16H26N2O2S/c1-5-10-16(3,4)18-15-17-13-11(14(19)20-6-2)8-7-9-12(13)21-15/h11H,5-10H2,1-4H3,(H,17,18). The molecular weight excluding hydrogens is 284 g/mol. The molecule has 5 heteroatoms. The number of esters is 1. The highest BCUT2D eigenvalue weighted by atomic mass is 32.1. The first-order chi connectivity index (χ1) is 9.96. The second-order valence-electron chi connectivity index (χ2n) is 6.28. The zero-order valence-corrected chi connectivity index (χ0v) is 14.3. The molecule has 0 aliphatic heterocycles. The van der Waals surface area contributed by atoms with Crippen molar-refractivity contribution in [1.82, 2.24) is 4.98 Å². The smallest absolute Gasteiger partial charge is 0.315 e. The molecule has 0 spiro atoms. The summed E-state index contributed by atoms with van der Waals surface area (Å²) in [6.45, 7) is 8.86. The normalized spacial score (nSPS) is 18.2. The van der Waals surface area contributed by atoms with E-state index in [1.54, 1.807) is 11.3 Å². The summed E-state index contributed by atoms with van der Waals surface area (Å²) in [7, 11) is 0. The minimum Gasteiger partial charge on any atom is -0.465 e. The van der Waals surface area contributed by atoms with Gasteiger partial charge in [0.25, 0.3) is 0 Å². The molecule has 1 aliphatic carbocycles. The van der Waals surface area contributed by atoms with Gasteiger partial charge in [-0.25, -0.2) is 4.98 Å². The topological polar surface area (TPSA) is 51.2 Å². The lowest BCUT2D eigenvalue weighted by Crippen LogP contribution is -2.30. The number of ether oxygens (including phenoxy) is 1. The molecule has 0 bridgehead atoms. The number of anilines is 1. The van der Waals surface area contributed by atoms with Gasteiger partial charge in [0.15, 0.2) is 5.13 Å². The summed E-state index contributed by atoms with van der Waals surface area (Å²) < 4.78 is 5.19. The first kappa shape index (κ1) is 16.3. The van der Waals surface area contributed by atoms with Gasteiger partial charge >= 0.3 is 5.97 Å². The van der Waals surface area contributed by atoms with Crippen LogP contribution in [0.4, 0.5) is 5.13 Å². The number of aromatic nitrogens is 1. The number of fused-ring (bicyclic) bond motifs is 1. The lowest BCUT2D eigenvalue weighted by molar-refractivity contribution is -0.145. The van der Waals surface area contributed by atoms with E-state index in [0.717, 1.165) is 42.9 Å². The summed E-state index contributed by atoms with van der Waals surface area (Å²) in [5.74, 6) is -0.294. The first-order valence-corrected chi connectivity index (χ1v) is 8.73. The number of aryl methyl sites for hydroxylation is 1. The number of hydrogen-bond donors (Lipinski definition) is 1. The maximum atomic E-state index is 12.1. The minimum absolute atomic E-state index is 0.0363. The Hall–Kier alpha value is -1.10. The van der Waals surface area contributed by atoms with E-state index in [4.69, 9.17) is 9.72 Å². The zero-order chi connectivity index (χ0) is 15.5. The molecule has 0 aromatic carbocycles. The van der Waals surface area contributed by atoms with Crippen molar-refractivity contribution in [2.45, 2.75) is 71.3 Å². The van der Waals surface area contributed by atoms with Crippen molar-refractivity contribution in [2.75, 3.05) is 11.9 Å². The lowest BCUT2D eigenvalue weighted by Gasteiger charge is -2.25. The molecule has 0 amide bonds. The van der Waals surface area contributed by atoms with E-state index in [0.29, 0.717) is 6.61 Å². The van der Waals surface area contributed by atoms with Crippen molar-refractivity contribution < 1.29 is 9.53 Å². The van der Waals surface area contributed by atoms with Gasteiger partial charge in [0.05, 0.1) is 12.3 Å². The summed E-state index contributed by atoms with van der Waals surface area (Å²) in [5.41, 5.74) is 0.980. The van der Waals surface area contributed by atoms with E-state index in [2.05, 4.69) is 26.1 Å². The number of thiazole rings is 1. The van der Waals surface area contributed by atoms with Gasteiger partial charge < -0.3 is 10.1 Å². The highest BCUT2D eigenvalue weighted by molar-refractivity contribution is 7.15. The van der Waals surface area contributed by atoms with Crippen LogP contribution in [0.5, 0.6) is 0 Å². The van der Waals surface area contributed by atoms with Crippen LogP contribution in [0.2, 0.25) is 0 Å². The second kappa shape index (κ2) is 6.77. The Kier molecular flexibility index (Phi) is 5.25. The minimum atomic E-state index is -0.171. The number of carbonyl (C=O) groups is 1. The number of rotatable bonds is 6. The quantitative estimate of drug-likeness (QED) is 0.803. The number of carbonyl (C=O) groups excluding carboxylic acids is 1. The van der Waals surface area contributed by atoms with Gasteiger partial charge in [-0.1, -0.05) is 13.3 Å². The first-order valence-electron chi connectivity index (χ1n) is 7.91. The number of hydrogen-bond acceptors (Lipinski definition) is 5. The summed E-state index contributed by atoms with van der Waals surface area (Å²) in [5, 5.41) is 4.46. The van der Waals surface area contributed by atoms with E-state index < -0.39 is 0 Å². The predicted octanol–water partition coefficient (Wildman–Crippen LogP) is 4.12. The largest absolute Gasteiger partial charge is 0.465 e. The fourth-order valence-corrected chi connectivity index (χ4v) is 4.16. The van der Waals surface area contributed by atoms with Crippen LogP contribution in [0.25, 0.3) is 0 Å². The summed E-state index contributed by atoms with van der Waals surface area (Å²) in [6.07, 6.45) is 5.15. The molecular formula is C16H26N2O2S. The Morgan fingerprint density at radius 1 is 1.48 bits per heavy atom. The maximum Gasteiger partial charge on any atom is 0.315 e. The Balaban J connectivity index is 2.17. The molecule has 4 nitrogen and oxygen atoms in total. The fraction of sp³-hybridized carbons (Fsp3) is 0.750. The highest BCUT2D eigenvalue weighted by Gasteiger charge is 2.32. The fourth-order valence-electron chi connectivity index (χ4n) is 2.92. The SMILES string of the molecule is CCCC(C)(C)Nc1nc2c(s1)CCCC2C(=O)OCC. The maximum absolute atomic E-state index is 12.1. The van der Waals surface area contributed by atoms with Crippen molar-refractivity contribution in [3.05, 3.63) is 10.6 Å². The van der Waals surface area contributed by atoms with E-state index >= 15 is 0 Å². The van der Waals surface area contributed by atoms with Crippen molar-refractivity contribution in [2.24, 2.45) is 0 Å². The molecule has 21 heavy (non-hydrogen) atoms. The van der Waals surface area contributed by atoms with Crippen LogP contribution in [-0.4, -0.2) is 23.1 Å². The Morgan fingerprint density at radius 3 is 2.90 bits per heavy atom. The zero-order valence-electron chi connectivity index (χ0n) is 13.5. The van der Waals surface area contributed by atoms with Crippen LogP contribution in [-0.2, 0) is 16.0 Å². The summed E-state index contributed by atoms with van der Waals surface area (Å²) in [6, 6.07) is 0. The molecule has 0 fully saturated rings. The van der Waals surface area contributed by atoms with Crippen molar-refractivity contribution >= 4 is 22.4 Å². The number of nitrogens with one attached hydrogen (secondary N) is 1. The van der Waals surface area contributed by atoms with E-state index in [-0.39, 0.29) is 17.4 Å². The monoisotopic (exact) mass is 310 g/mol. The molecule has 0 radical (unpaired) electrons. The molecule has 118 valence electrons. The van der Waals surface area contributed by atoms with Gasteiger partial charge in [-0.15, -0.1) is 11.3 Å². The van der Waals surface area contributed by atoms with Gasteiger partial charge in [0, 0.05) is 10.4 Å². The molecule has 0 saturated carbocycles. The van der Waals surface area contributed by atoms with Crippen molar-refractivity contribution in [3.63, 3.8) is 0 Å². The van der Waals surface area contributed by atoms with E-state index in [9.17, 15) is 4.79 Å². The highest BCUT2D eigenvalue weighted by Crippen LogP contribution is 2.38. The number of nitrogens with zero attached hydrogens (tertiary/aromatic N) is 1. The van der Waals surface area contributed by atoms with Gasteiger partial charge in [-0.2, -0.15) is 0 Å². The van der Waals surface area contributed by atoms with Gasteiger partial charge in [-0.3, -0.25) is 4.79 Å². The molecule has 1 aromatic heterocycles. The van der Waals surface area contributed by atoms with Gasteiger partial charge in [0.2, 0.25) is 0 Å². The van der Waals surface area contributed by atoms with Crippen molar-refractivity contribution in [3.8, 4) is 0 Å². The van der Waals surface area contributed by atoms with Crippen LogP contribution in [0.15, 0.2) is 0 Å². The average Bonchev–Trinajstić information content (AvgIpc) is 2.79. The van der Waals surface area contributed by atoms with E-state index in [1.165, 1.54) is 4.88 Å². The molecule has 0 saturated heterocycles. The van der Waals surface area contributed by atoms with Crippen LogP contribution < -0.4 is 5.32 Å². The summed E-state index contributed by atoms with van der Waals surface area (Å²) >= 11 is 1.70. The lowest BCUT2D eigenvalue weighted by atomic mass is 9.91. The van der Waals surface area contributed by atoms with Crippen LogP contribution in [0, 0.1) is 0 Å². The third-order valence-corrected chi connectivity index (χ3v) is 4.89. The molecule has 2 rings (SSSR count). The third kappa shape index (κ3) is 3.96.